The zero-order valence-corrected chi connectivity index (χ0v) is 37.2. The summed E-state index contributed by atoms with van der Waals surface area (Å²) in [4.78, 5) is 57.8. The molecule has 0 aromatic heterocycles. The number of fused-ring (bicyclic) bond motifs is 3. The largest absolute Gasteiger partial charge is 0.456 e. The second-order valence-electron chi connectivity index (χ2n) is 17.2. The van der Waals surface area contributed by atoms with E-state index in [1.165, 1.54) is 4.90 Å². The van der Waals surface area contributed by atoms with E-state index < -0.39 is 77.8 Å². The second-order valence-corrected chi connectivity index (χ2v) is 19.4. The lowest BCUT2D eigenvalue weighted by Gasteiger charge is -2.47. The molecule has 0 aromatic rings. The molecule has 13 heteroatoms. The van der Waals surface area contributed by atoms with Gasteiger partial charge in [0.25, 0.3) is 11.7 Å². The fraction of sp³-hybridized carbons (Fsp3) is 0.814. The number of halogens is 1. The van der Waals surface area contributed by atoms with Gasteiger partial charge in [-0.15, -0.1) is 0 Å². The number of alkyl halides is 1. The van der Waals surface area contributed by atoms with Crippen LogP contribution < -0.4 is 0 Å². The Bertz CT molecular complexity index is 1450. The number of ketones is 2. The molecule has 2 saturated heterocycles. The Morgan fingerprint density at radius 3 is 2.32 bits per heavy atom. The maximum absolute atomic E-state index is 14.3. The summed E-state index contributed by atoms with van der Waals surface area (Å²) >= 11 is 2.44. The maximum Gasteiger partial charge on any atom is 0.329 e. The van der Waals surface area contributed by atoms with Gasteiger partial charge in [-0.1, -0.05) is 68.0 Å². The topological polar surface area (TPSA) is 158 Å². The number of ether oxygens (including phenoxy) is 5. The van der Waals surface area contributed by atoms with Gasteiger partial charge < -0.3 is 38.8 Å². The van der Waals surface area contributed by atoms with Gasteiger partial charge in [0.2, 0.25) is 5.79 Å². The normalized spacial score (nSPS) is 40.6. The molecule has 13 unspecified atom stereocenters. The fourth-order valence-electron chi connectivity index (χ4n) is 9.40. The highest BCUT2D eigenvalue weighted by atomic mass is 127. The number of carbonyl (C=O) groups is 4. The van der Waals surface area contributed by atoms with E-state index in [0.29, 0.717) is 32.1 Å². The summed E-state index contributed by atoms with van der Waals surface area (Å²) < 4.78 is 29.8. The molecular weight excluding hydrogens is 833 g/mol. The molecule has 4 rings (SSSR count). The molecule has 13 atom stereocenters. The van der Waals surface area contributed by atoms with Gasteiger partial charge in [0.1, 0.15) is 24.0 Å². The van der Waals surface area contributed by atoms with Gasteiger partial charge in [-0.05, 0) is 96.0 Å². The summed E-state index contributed by atoms with van der Waals surface area (Å²) in [5.41, 5.74) is 1.74. The molecule has 1 amide bonds. The average molecular weight is 902 g/mol. The van der Waals surface area contributed by atoms with Crippen molar-refractivity contribution in [1.29, 1.82) is 0 Å². The molecule has 2 bridgehead atoms. The number of piperidine rings is 1. The van der Waals surface area contributed by atoms with Gasteiger partial charge >= 0.3 is 5.97 Å². The second kappa shape index (κ2) is 20.5. The van der Waals surface area contributed by atoms with Crippen molar-refractivity contribution in [2.75, 3.05) is 27.9 Å². The molecule has 3 fully saturated rings. The zero-order chi connectivity index (χ0) is 41.5. The van der Waals surface area contributed by atoms with Gasteiger partial charge in [-0.2, -0.15) is 0 Å². The minimum atomic E-state index is -2.48. The highest BCUT2D eigenvalue weighted by molar-refractivity contribution is 14.1. The van der Waals surface area contributed by atoms with Gasteiger partial charge in [-0.25, -0.2) is 4.79 Å². The first-order valence-corrected chi connectivity index (χ1v) is 21.8. The molecule has 1 aliphatic carbocycles. The summed E-state index contributed by atoms with van der Waals surface area (Å²) in [7, 11) is 4.80. The Hall–Kier alpha value is -1.75. The molecule has 3 heterocycles. The number of allylic oxidation sites excluding steroid dienone is 3. The van der Waals surface area contributed by atoms with Crippen LogP contribution in [-0.4, -0.2) is 118 Å². The van der Waals surface area contributed by atoms with E-state index in [0.717, 1.165) is 36.8 Å². The number of Topliss-reactive ketones (excluding diaryl/α,β-unsaturated/α-hetero) is 2. The summed E-state index contributed by atoms with van der Waals surface area (Å²) in [5.74, 6) is -7.30. The molecule has 12 nitrogen and oxygen atoms in total. The van der Waals surface area contributed by atoms with Gasteiger partial charge in [0, 0.05) is 55.5 Å². The first-order valence-electron chi connectivity index (χ1n) is 20.7. The van der Waals surface area contributed by atoms with Crippen molar-refractivity contribution in [3.05, 3.63) is 23.3 Å². The molecule has 0 aromatic carbocycles. The Labute approximate surface area is 347 Å². The van der Waals surface area contributed by atoms with Crippen LogP contribution in [0, 0.1) is 23.7 Å². The summed E-state index contributed by atoms with van der Waals surface area (Å²) in [6.07, 6.45) is 6.94. The number of esters is 1. The maximum atomic E-state index is 14.3. The Morgan fingerprint density at radius 1 is 1.00 bits per heavy atom. The molecule has 318 valence electrons. The number of hydrogen-bond donors (Lipinski definition) is 2. The predicted octanol–water partition coefficient (Wildman–Crippen LogP) is 6.06. The molecule has 4 aliphatic rings. The van der Waals surface area contributed by atoms with Crippen molar-refractivity contribution in [2.45, 2.75) is 170 Å². The average Bonchev–Trinajstić information content (AvgIpc) is 3.17. The van der Waals surface area contributed by atoms with Gasteiger partial charge in [-0.3, -0.25) is 14.4 Å². The highest BCUT2D eigenvalue weighted by Crippen LogP contribution is 2.42. The Kier molecular flexibility index (Phi) is 17.2. The Morgan fingerprint density at radius 2 is 1.68 bits per heavy atom. The lowest BCUT2D eigenvalue weighted by molar-refractivity contribution is -0.302. The fourth-order valence-corrected chi connectivity index (χ4v) is 10.8. The summed E-state index contributed by atoms with van der Waals surface area (Å²) in [6, 6.07) is -1.10. The third kappa shape index (κ3) is 11.1. The third-order valence-corrected chi connectivity index (χ3v) is 14.1. The molecule has 0 radical (unpaired) electrons. The standard InChI is InChI=1S/C43H68INO11/c1-10-30-19-25(2)18-26(3)20-35(53-8)38-36(54-9)21-28(5)43(51,56-38)39(48)40(49)45-17-12-11-15-32(45)41(50)55-37(29(6)33(46)22-34(30)47)27(4)23-42(44)16-13-14-31(24-42)52-7/h19,23,26,28-33,35-38,46,51H,10-18,20-22,24H2,1-9H3. The van der Waals surface area contributed by atoms with Crippen LogP contribution in [0.1, 0.15) is 119 Å². The SMILES string of the molecule is CCC1C=C(C)CC(C)CC(OC)C2OC(O)(C(=O)C(=O)N3CCCCC3C(=O)OC(C(C)=CC3(I)CCCC(OC)C3)C(C)C(O)CC1=O)C(C)CC2OC. The molecule has 3 aliphatic heterocycles. The van der Waals surface area contributed by atoms with Crippen molar-refractivity contribution in [1.82, 2.24) is 4.90 Å². The number of hydrogen-bond acceptors (Lipinski definition) is 11. The van der Waals surface area contributed by atoms with E-state index in [9.17, 15) is 29.4 Å². The van der Waals surface area contributed by atoms with E-state index in [1.54, 1.807) is 35.2 Å². The Balaban J connectivity index is 1.78. The highest BCUT2D eigenvalue weighted by Gasteiger charge is 2.56. The smallest absolute Gasteiger partial charge is 0.329 e. The summed E-state index contributed by atoms with van der Waals surface area (Å²) in [6.45, 7) is 11.4. The summed E-state index contributed by atoms with van der Waals surface area (Å²) in [5, 5.41) is 23.7. The van der Waals surface area contributed by atoms with E-state index in [4.69, 9.17) is 23.7 Å². The quantitative estimate of drug-likeness (QED) is 0.105. The lowest BCUT2D eigenvalue weighted by Crippen LogP contribution is -2.64. The van der Waals surface area contributed by atoms with Crippen LogP contribution in [0.3, 0.4) is 0 Å². The van der Waals surface area contributed by atoms with Crippen molar-refractivity contribution >= 4 is 46.0 Å². The molecular formula is C43H68INO11. The lowest BCUT2D eigenvalue weighted by atomic mass is 9.82. The van der Waals surface area contributed by atoms with Crippen LogP contribution in [0.5, 0.6) is 0 Å². The monoisotopic (exact) mass is 901 g/mol. The zero-order valence-electron chi connectivity index (χ0n) is 35.1. The van der Waals surface area contributed by atoms with Crippen LogP contribution in [-0.2, 0) is 42.9 Å². The number of aliphatic hydroxyl groups is 2. The van der Waals surface area contributed by atoms with Crippen LogP contribution >= 0.6 is 22.6 Å². The van der Waals surface area contributed by atoms with Crippen molar-refractivity contribution in [3.63, 3.8) is 0 Å². The van der Waals surface area contributed by atoms with Crippen molar-refractivity contribution in [2.24, 2.45) is 23.7 Å². The predicted molar refractivity (Wildman–Crippen MR) is 220 cm³/mol. The van der Waals surface area contributed by atoms with E-state index in [-0.39, 0.29) is 47.0 Å². The first kappa shape index (κ1) is 46.9. The molecule has 0 spiro atoms. The number of carbonyl (C=O) groups excluding carboxylic acids is 4. The number of rotatable bonds is 6. The number of nitrogens with zero attached hydrogens (tertiary/aromatic N) is 1. The van der Waals surface area contributed by atoms with Crippen molar-refractivity contribution in [3.8, 4) is 0 Å². The minimum absolute atomic E-state index is 0.0479. The van der Waals surface area contributed by atoms with Crippen LogP contribution in [0.15, 0.2) is 23.3 Å². The molecule has 1 saturated carbocycles. The van der Waals surface area contributed by atoms with E-state index in [1.807, 2.05) is 26.8 Å². The van der Waals surface area contributed by atoms with Crippen LogP contribution in [0.25, 0.3) is 0 Å². The number of amides is 1. The van der Waals surface area contributed by atoms with E-state index >= 15 is 0 Å². The minimum Gasteiger partial charge on any atom is -0.456 e. The first-order chi connectivity index (χ1) is 26.4. The number of methoxy groups -OCH3 is 3. The van der Waals surface area contributed by atoms with Gasteiger partial charge in [0.05, 0.1) is 24.4 Å². The number of aliphatic hydroxyl groups excluding tert-OH is 1. The molecule has 2 N–H and O–H groups in total. The van der Waals surface area contributed by atoms with E-state index in [2.05, 4.69) is 35.6 Å². The third-order valence-electron chi connectivity index (χ3n) is 12.8. The molecule has 56 heavy (non-hydrogen) atoms. The van der Waals surface area contributed by atoms with Crippen LogP contribution in [0.4, 0.5) is 0 Å². The van der Waals surface area contributed by atoms with Crippen molar-refractivity contribution < 1.29 is 53.1 Å². The van der Waals surface area contributed by atoms with Crippen LogP contribution in [0.2, 0.25) is 0 Å². The van der Waals surface area contributed by atoms with Gasteiger partial charge in [0.15, 0.2) is 0 Å². The number of cyclic esters (lactones) is 1.